The topological polar surface area (TPSA) is 81.0 Å². The molecule has 5 aromatic carbocycles. The molecule has 1 N–H and O–H groups in total. The minimum atomic E-state index is -0.961. The van der Waals surface area contributed by atoms with Crippen LogP contribution in [0, 0.1) is 0 Å². The average molecular weight is 667 g/mol. The highest BCUT2D eigenvalue weighted by Gasteiger charge is 2.35. The van der Waals surface area contributed by atoms with Gasteiger partial charge in [-0.1, -0.05) is 121 Å². The molecule has 7 rings (SSSR count). The molecule has 0 unspecified atom stereocenters. The van der Waals surface area contributed by atoms with Gasteiger partial charge in [0.2, 0.25) is 0 Å². The number of rotatable bonds is 10. The van der Waals surface area contributed by atoms with E-state index >= 15 is 0 Å². The van der Waals surface area contributed by atoms with Crippen LogP contribution >= 0.6 is 0 Å². The molecule has 7 heteroatoms. The summed E-state index contributed by atoms with van der Waals surface area (Å²) in [5.41, 5.74) is 8.19. The Morgan fingerprint density at radius 3 is 1.41 bits per heavy atom. The van der Waals surface area contributed by atoms with Crippen LogP contribution in [0.5, 0.6) is 0 Å². The van der Waals surface area contributed by atoms with Crippen LogP contribution in [0.2, 0.25) is 0 Å². The minimum absolute atomic E-state index is 0.399. The second-order valence-electron chi connectivity index (χ2n) is 13.7. The molecule has 0 bridgehead atoms. The van der Waals surface area contributed by atoms with E-state index in [0.717, 1.165) is 55.7 Å². The summed E-state index contributed by atoms with van der Waals surface area (Å²) in [6.45, 7) is 7.32. The van der Waals surface area contributed by atoms with Crippen LogP contribution < -0.4 is 5.46 Å². The summed E-state index contributed by atoms with van der Waals surface area (Å²) < 4.78 is 6.05. The Bertz CT molecular complexity index is 2180. The number of nitrogens with zero attached hydrogens (tertiary/aromatic N) is 4. The van der Waals surface area contributed by atoms with E-state index in [0.29, 0.717) is 25.0 Å². The molecule has 51 heavy (non-hydrogen) atoms. The van der Waals surface area contributed by atoms with Crippen molar-refractivity contribution in [2.24, 2.45) is 0 Å². The fourth-order valence-corrected chi connectivity index (χ4v) is 5.61. The quantitative estimate of drug-likeness (QED) is 0.147. The van der Waals surface area contributed by atoms with E-state index in [1.807, 2.05) is 98.9 Å². The highest BCUT2D eigenvalue weighted by atomic mass is 16.5. The molecule has 7 aromatic rings. The normalized spacial score (nSPS) is 11.7. The third-order valence-electron chi connectivity index (χ3n) is 9.42. The number of hydrogen-bond donors (Lipinski definition) is 1. The minimum Gasteiger partial charge on any atom is -0.427 e. The van der Waals surface area contributed by atoms with E-state index in [1.165, 1.54) is 0 Å². The summed E-state index contributed by atoms with van der Waals surface area (Å²) >= 11 is 0. The summed E-state index contributed by atoms with van der Waals surface area (Å²) in [5.74, 6) is 1.73. The zero-order chi connectivity index (χ0) is 35.4. The fraction of sp³-hybridized carbons (Fsp3) is 0.136. The van der Waals surface area contributed by atoms with Crippen LogP contribution in [0.4, 0.5) is 0 Å². The number of hydrogen-bond acceptors (Lipinski definition) is 6. The van der Waals surface area contributed by atoms with E-state index < -0.39 is 11.2 Å². The molecule has 250 valence electrons. The molecule has 2 aromatic heterocycles. The molecule has 0 aliphatic carbocycles. The third-order valence-corrected chi connectivity index (χ3v) is 9.42. The van der Waals surface area contributed by atoms with Gasteiger partial charge in [0, 0.05) is 28.5 Å². The van der Waals surface area contributed by atoms with Gasteiger partial charge in [-0.2, -0.15) is 0 Å². The first-order valence-electron chi connectivity index (χ1n) is 17.1. The Hall–Kier alpha value is -5.76. The van der Waals surface area contributed by atoms with Crippen molar-refractivity contribution >= 4 is 12.9 Å². The average Bonchev–Trinajstić information content (AvgIpc) is 3.17. The molecular formula is C44H39BN4O2. The van der Waals surface area contributed by atoms with Crippen molar-refractivity contribution in [3.63, 3.8) is 0 Å². The van der Waals surface area contributed by atoms with Crippen LogP contribution in [0.15, 0.2) is 152 Å². The summed E-state index contributed by atoms with van der Waals surface area (Å²) in [6.07, 6.45) is 1.82. The molecule has 0 amide bonds. The molecular weight excluding hydrogens is 627 g/mol. The molecule has 0 atom stereocenters. The van der Waals surface area contributed by atoms with E-state index in [2.05, 4.69) is 66.7 Å². The fourth-order valence-electron chi connectivity index (χ4n) is 5.61. The molecule has 0 aliphatic heterocycles. The molecule has 0 saturated heterocycles. The van der Waals surface area contributed by atoms with Crippen molar-refractivity contribution in [2.45, 2.75) is 38.9 Å². The van der Waals surface area contributed by atoms with Gasteiger partial charge >= 0.3 is 7.48 Å². The Morgan fingerprint density at radius 2 is 0.922 bits per heavy atom. The lowest BCUT2D eigenvalue weighted by Crippen LogP contribution is -2.49. The number of pyridine rings is 1. The van der Waals surface area contributed by atoms with Crippen molar-refractivity contribution in [3.8, 4) is 67.7 Å². The number of aliphatic hydroxyl groups is 1. The Morgan fingerprint density at radius 1 is 0.471 bits per heavy atom. The smallest absolute Gasteiger partial charge is 0.309 e. The third kappa shape index (κ3) is 7.70. The van der Waals surface area contributed by atoms with Crippen molar-refractivity contribution in [1.29, 1.82) is 0 Å². The van der Waals surface area contributed by atoms with Gasteiger partial charge in [-0.15, -0.1) is 0 Å². The van der Waals surface area contributed by atoms with Crippen LogP contribution in [0.25, 0.3) is 67.7 Å². The van der Waals surface area contributed by atoms with Crippen LogP contribution in [-0.4, -0.2) is 43.7 Å². The van der Waals surface area contributed by atoms with Gasteiger partial charge in [0.15, 0.2) is 17.5 Å². The first kappa shape index (κ1) is 33.7. The maximum Gasteiger partial charge on any atom is 0.309 e. The van der Waals surface area contributed by atoms with Gasteiger partial charge in [0.05, 0.1) is 16.9 Å². The molecule has 0 aliphatic rings. The lowest BCUT2D eigenvalue weighted by Gasteiger charge is -2.37. The monoisotopic (exact) mass is 666 g/mol. The van der Waals surface area contributed by atoms with Gasteiger partial charge in [0.1, 0.15) is 0 Å². The summed E-state index contributed by atoms with van der Waals surface area (Å²) in [5, 5.41) is 10.4. The lowest BCUT2D eigenvalue weighted by molar-refractivity contribution is -0.0893. The second kappa shape index (κ2) is 14.2. The van der Waals surface area contributed by atoms with Gasteiger partial charge < -0.3 is 9.76 Å². The number of benzene rings is 5. The van der Waals surface area contributed by atoms with E-state index in [-0.39, 0.29) is 0 Å². The predicted molar refractivity (Wildman–Crippen MR) is 208 cm³/mol. The summed E-state index contributed by atoms with van der Waals surface area (Å²) in [7, 11) is 0.399. The molecule has 0 spiro atoms. The Labute approximate surface area is 300 Å². The molecule has 0 saturated carbocycles. The van der Waals surface area contributed by atoms with Gasteiger partial charge in [-0.05, 0) is 80.3 Å². The van der Waals surface area contributed by atoms with E-state index in [4.69, 9.17) is 24.6 Å². The maximum absolute atomic E-state index is 10.4. The molecule has 0 fully saturated rings. The first-order valence-corrected chi connectivity index (χ1v) is 17.1. The SMILES string of the molecule is CC(C)(O)C(C)(C)OBc1ccc(-c2ccc(-c3nc(-c4ccccc4)nc(-c4cc(-c5ccccc5)cc(-c5ccccc5)c4)n3)cn2)cc1. The lowest BCUT2D eigenvalue weighted by atomic mass is 9.82. The highest BCUT2D eigenvalue weighted by Crippen LogP contribution is 2.33. The van der Waals surface area contributed by atoms with Crippen LogP contribution in [0.1, 0.15) is 27.7 Å². The van der Waals surface area contributed by atoms with Crippen molar-refractivity contribution in [3.05, 3.63) is 152 Å². The number of aromatic nitrogens is 4. The van der Waals surface area contributed by atoms with Crippen molar-refractivity contribution < 1.29 is 9.76 Å². The largest absolute Gasteiger partial charge is 0.427 e. The van der Waals surface area contributed by atoms with Gasteiger partial charge in [-0.25, -0.2) is 15.0 Å². The predicted octanol–water partition coefficient (Wildman–Crippen LogP) is 8.81. The van der Waals surface area contributed by atoms with E-state index in [1.54, 1.807) is 13.8 Å². The van der Waals surface area contributed by atoms with E-state index in [9.17, 15) is 5.11 Å². The summed E-state index contributed by atoms with van der Waals surface area (Å²) in [6, 6.07) is 49.4. The van der Waals surface area contributed by atoms with Crippen molar-refractivity contribution in [2.75, 3.05) is 0 Å². The highest BCUT2D eigenvalue weighted by molar-refractivity contribution is 6.47. The zero-order valence-corrected chi connectivity index (χ0v) is 29.3. The molecule has 6 nitrogen and oxygen atoms in total. The van der Waals surface area contributed by atoms with Crippen LogP contribution in [0.3, 0.4) is 0 Å². The Balaban J connectivity index is 1.24. The van der Waals surface area contributed by atoms with Crippen LogP contribution in [-0.2, 0) is 4.65 Å². The Kier molecular flexibility index (Phi) is 9.41. The first-order chi connectivity index (χ1) is 24.6. The standard InChI is InChI=1S/C44H39BN4O2/c1-43(2,50)44(3,4)51-45-38-23-20-32(21-24-38)39-25-22-34(29-46-39)41-47-40(33-18-12-7-13-19-33)48-42(49-41)37-27-35(30-14-8-5-9-15-30)26-36(28-37)31-16-10-6-11-17-31/h5-29,45,50H,1-4H3. The van der Waals surface area contributed by atoms with Gasteiger partial charge in [-0.3, -0.25) is 4.98 Å². The second-order valence-corrected chi connectivity index (χ2v) is 13.7. The summed E-state index contributed by atoms with van der Waals surface area (Å²) in [4.78, 5) is 19.8. The molecule has 0 radical (unpaired) electrons. The zero-order valence-electron chi connectivity index (χ0n) is 29.3. The van der Waals surface area contributed by atoms with Gasteiger partial charge in [0.25, 0.3) is 0 Å². The maximum atomic E-state index is 10.4. The van der Waals surface area contributed by atoms with Crippen molar-refractivity contribution in [1.82, 2.24) is 19.9 Å². The molecule has 2 heterocycles.